The molecule has 0 saturated carbocycles. The van der Waals surface area contributed by atoms with Crippen molar-refractivity contribution >= 4 is 5.91 Å². The number of hydrogen-bond donors (Lipinski definition) is 2. The van der Waals surface area contributed by atoms with Crippen LogP contribution in [0.15, 0.2) is 42.7 Å². The number of carbonyl (C=O) groups excluding carboxylic acids is 1. The molecule has 6 heteroatoms. The number of hydrazine groups is 1. The van der Waals surface area contributed by atoms with Gasteiger partial charge in [-0.25, -0.2) is 10.4 Å². The number of likely N-dealkylation sites (tertiary alicyclic amines) is 1. The maximum absolute atomic E-state index is 12.8. The van der Waals surface area contributed by atoms with Gasteiger partial charge in [0.05, 0.1) is 0 Å². The summed E-state index contributed by atoms with van der Waals surface area (Å²) in [5.74, 6) is 1.81. The highest BCUT2D eigenvalue weighted by Crippen LogP contribution is 2.28. The Labute approximate surface area is 160 Å². The van der Waals surface area contributed by atoms with Gasteiger partial charge in [0.2, 0.25) is 5.91 Å². The lowest BCUT2D eigenvalue weighted by atomic mass is 9.95. The van der Waals surface area contributed by atoms with Crippen LogP contribution in [0.4, 0.5) is 0 Å². The van der Waals surface area contributed by atoms with Crippen LogP contribution in [-0.4, -0.2) is 45.5 Å². The molecule has 27 heavy (non-hydrogen) atoms. The Morgan fingerprint density at radius 2 is 1.96 bits per heavy atom. The smallest absolute Gasteiger partial charge is 0.241 e. The van der Waals surface area contributed by atoms with E-state index >= 15 is 0 Å². The van der Waals surface area contributed by atoms with Crippen LogP contribution in [0.1, 0.15) is 49.9 Å². The standard InChI is InChI=1S/C21H29N5O/c1-2-18-14-19(24-23-18)21(27)25-11-8-17(9-12-25)20-22-10-13-26(20)15-16-6-4-3-5-7-16/h3-7,10,13,17-19,23-24H,2,8-9,11-12,14-15H2,1H3. The molecule has 2 fully saturated rings. The van der Waals surface area contributed by atoms with Crippen molar-refractivity contribution in [3.8, 4) is 0 Å². The Kier molecular flexibility index (Phi) is 5.55. The van der Waals surface area contributed by atoms with E-state index in [2.05, 4.69) is 57.8 Å². The van der Waals surface area contributed by atoms with E-state index in [9.17, 15) is 4.79 Å². The summed E-state index contributed by atoms with van der Waals surface area (Å²) in [5.41, 5.74) is 7.69. The normalized spacial score (nSPS) is 23.7. The Bertz CT molecular complexity index is 751. The highest BCUT2D eigenvalue weighted by molar-refractivity contribution is 5.82. The van der Waals surface area contributed by atoms with Crippen molar-refractivity contribution in [1.29, 1.82) is 0 Å². The number of benzene rings is 1. The number of nitrogens with zero attached hydrogens (tertiary/aromatic N) is 3. The molecule has 0 bridgehead atoms. The van der Waals surface area contributed by atoms with E-state index in [0.717, 1.165) is 51.1 Å². The van der Waals surface area contributed by atoms with Crippen LogP contribution >= 0.6 is 0 Å². The fourth-order valence-electron chi connectivity index (χ4n) is 4.22. The summed E-state index contributed by atoms with van der Waals surface area (Å²) >= 11 is 0. The molecule has 1 aromatic carbocycles. The number of amides is 1. The van der Waals surface area contributed by atoms with Gasteiger partial charge in [0, 0.05) is 44.0 Å². The first-order valence-electron chi connectivity index (χ1n) is 10.1. The lowest BCUT2D eigenvalue weighted by molar-refractivity contribution is -0.134. The zero-order valence-corrected chi connectivity index (χ0v) is 16.0. The fraction of sp³-hybridized carbons (Fsp3) is 0.524. The predicted octanol–water partition coefficient (Wildman–Crippen LogP) is 2.28. The summed E-state index contributed by atoms with van der Waals surface area (Å²) in [6.07, 6.45) is 7.86. The monoisotopic (exact) mass is 367 g/mol. The molecule has 4 rings (SSSR count). The van der Waals surface area contributed by atoms with Gasteiger partial charge in [-0.1, -0.05) is 37.3 Å². The number of hydrogen-bond acceptors (Lipinski definition) is 4. The molecule has 2 atom stereocenters. The summed E-state index contributed by atoms with van der Waals surface area (Å²) in [5, 5.41) is 0. The van der Waals surface area contributed by atoms with Crippen molar-refractivity contribution < 1.29 is 4.79 Å². The molecule has 0 radical (unpaired) electrons. The van der Waals surface area contributed by atoms with Crippen molar-refractivity contribution in [3.05, 3.63) is 54.1 Å². The molecule has 6 nitrogen and oxygen atoms in total. The maximum Gasteiger partial charge on any atom is 0.241 e. The molecule has 2 aliphatic rings. The Balaban J connectivity index is 1.35. The van der Waals surface area contributed by atoms with Crippen LogP contribution in [0.25, 0.3) is 0 Å². The quantitative estimate of drug-likeness (QED) is 0.851. The average molecular weight is 367 g/mol. The molecular weight excluding hydrogens is 338 g/mol. The molecule has 2 unspecified atom stereocenters. The summed E-state index contributed by atoms with van der Waals surface area (Å²) in [4.78, 5) is 19.4. The average Bonchev–Trinajstić information content (AvgIpc) is 3.38. The van der Waals surface area contributed by atoms with Gasteiger partial charge in [0.15, 0.2) is 0 Å². The molecule has 2 aliphatic heterocycles. The van der Waals surface area contributed by atoms with Crippen molar-refractivity contribution in [2.75, 3.05) is 13.1 Å². The maximum atomic E-state index is 12.8. The second kappa shape index (κ2) is 8.23. The van der Waals surface area contributed by atoms with E-state index in [1.54, 1.807) is 0 Å². The van der Waals surface area contributed by atoms with Gasteiger partial charge in [0.1, 0.15) is 11.9 Å². The number of imidazole rings is 1. The minimum Gasteiger partial charge on any atom is -0.341 e. The highest BCUT2D eigenvalue weighted by atomic mass is 16.2. The van der Waals surface area contributed by atoms with Crippen LogP contribution in [0.2, 0.25) is 0 Å². The van der Waals surface area contributed by atoms with Crippen molar-refractivity contribution in [1.82, 2.24) is 25.3 Å². The van der Waals surface area contributed by atoms with Crippen LogP contribution in [0, 0.1) is 0 Å². The molecule has 0 spiro atoms. The highest BCUT2D eigenvalue weighted by Gasteiger charge is 2.34. The third-order valence-corrected chi connectivity index (χ3v) is 5.89. The van der Waals surface area contributed by atoms with E-state index in [0.29, 0.717) is 12.0 Å². The third-order valence-electron chi connectivity index (χ3n) is 5.89. The molecule has 2 saturated heterocycles. The fourth-order valence-corrected chi connectivity index (χ4v) is 4.22. The number of aromatic nitrogens is 2. The van der Waals surface area contributed by atoms with Crippen LogP contribution in [-0.2, 0) is 11.3 Å². The van der Waals surface area contributed by atoms with Gasteiger partial charge in [-0.05, 0) is 31.2 Å². The second-order valence-corrected chi connectivity index (χ2v) is 7.68. The topological polar surface area (TPSA) is 62.2 Å². The summed E-state index contributed by atoms with van der Waals surface area (Å²) in [6.45, 7) is 4.63. The predicted molar refractivity (Wildman–Crippen MR) is 105 cm³/mol. The lowest BCUT2D eigenvalue weighted by Crippen LogP contribution is -2.48. The molecule has 3 heterocycles. The zero-order chi connectivity index (χ0) is 18.6. The third kappa shape index (κ3) is 4.06. The van der Waals surface area contributed by atoms with E-state index < -0.39 is 0 Å². The first kappa shape index (κ1) is 18.2. The van der Waals surface area contributed by atoms with Crippen LogP contribution in [0.5, 0.6) is 0 Å². The minimum absolute atomic E-state index is 0.0773. The van der Waals surface area contributed by atoms with E-state index in [1.807, 2.05) is 17.2 Å². The van der Waals surface area contributed by atoms with Gasteiger partial charge < -0.3 is 9.47 Å². The molecule has 2 aromatic rings. The lowest BCUT2D eigenvalue weighted by Gasteiger charge is -2.33. The summed E-state index contributed by atoms with van der Waals surface area (Å²) in [6, 6.07) is 10.8. The Morgan fingerprint density at radius 3 is 2.67 bits per heavy atom. The molecular formula is C21H29N5O. The minimum atomic E-state index is -0.0773. The second-order valence-electron chi connectivity index (χ2n) is 7.68. The molecule has 144 valence electrons. The van der Waals surface area contributed by atoms with Gasteiger partial charge in [-0.2, -0.15) is 0 Å². The van der Waals surface area contributed by atoms with Crippen LogP contribution in [0.3, 0.4) is 0 Å². The van der Waals surface area contributed by atoms with Crippen molar-refractivity contribution in [3.63, 3.8) is 0 Å². The van der Waals surface area contributed by atoms with E-state index in [4.69, 9.17) is 0 Å². The molecule has 2 N–H and O–H groups in total. The van der Waals surface area contributed by atoms with E-state index in [-0.39, 0.29) is 11.9 Å². The van der Waals surface area contributed by atoms with Gasteiger partial charge in [-0.15, -0.1) is 0 Å². The molecule has 0 aliphatic carbocycles. The van der Waals surface area contributed by atoms with Crippen molar-refractivity contribution in [2.45, 2.75) is 57.2 Å². The summed E-state index contributed by atoms with van der Waals surface area (Å²) in [7, 11) is 0. The van der Waals surface area contributed by atoms with E-state index in [1.165, 1.54) is 5.56 Å². The number of nitrogens with one attached hydrogen (secondary N) is 2. The number of carbonyl (C=O) groups is 1. The number of rotatable bonds is 5. The molecule has 1 aromatic heterocycles. The Hall–Kier alpha value is -2.18. The van der Waals surface area contributed by atoms with Crippen molar-refractivity contribution in [2.24, 2.45) is 0 Å². The molecule has 1 amide bonds. The SMILES string of the molecule is CCC1CC(C(=O)N2CCC(c3nccn3Cc3ccccc3)CC2)NN1. The van der Waals surface area contributed by atoms with Gasteiger partial charge >= 0.3 is 0 Å². The first-order chi connectivity index (χ1) is 13.2. The van der Waals surface area contributed by atoms with Gasteiger partial charge in [0.25, 0.3) is 0 Å². The summed E-state index contributed by atoms with van der Waals surface area (Å²) < 4.78 is 2.26. The number of piperidine rings is 1. The Morgan fingerprint density at radius 1 is 1.19 bits per heavy atom. The van der Waals surface area contributed by atoms with Gasteiger partial charge in [-0.3, -0.25) is 10.2 Å². The zero-order valence-electron chi connectivity index (χ0n) is 16.0. The first-order valence-corrected chi connectivity index (χ1v) is 10.1. The largest absolute Gasteiger partial charge is 0.341 e. The van der Waals surface area contributed by atoms with Crippen LogP contribution < -0.4 is 10.9 Å².